The Morgan fingerprint density at radius 1 is 0.968 bits per heavy atom. The fraction of sp³-hybridized carbons (Fsp3) is 0.519. The number of benzene rings is 2. The van der Waals surface area contributed by atoms with Crippen LogP contribution in [0.3, 0.4) is 0 Å². The normalized spacial score (nSPS) is 12.9. The monoisotopic (exact) mass is 423 g/mol. The van der Waals surface area contributed by atoms with Gasteiger partial charge in [0.15, 0.2) is 0 Å². The van der Waals surface area contributed by atoms with E-state index in [1.54, 1.807) is 6.41 Å². The van der Waals surface area contributed by atoms with Crippen molar-refractivity contribution >= 4 is 17.8 Å². The number of amides is 1. The minimum Gasteiger partial charge on any atom is -0.490 e. The molecule has 1 unspecified atom stereocenters. The van der Waals surface area contributed by atoms with Gasteiger partial charge in [-0.1, -0.05) is 65.8 Å². The highest BCUT2D eigenvalue weighted by atomic mass is 16.5. The second-order valence-corrected chi connectivity index (χ2v) is 9.60. The first-order chi connectivity index (χ1) is 14.6. The maximum Gasteiger partial charge on any atom is 0.314 e. The van der Waals surface area contributed by atoms with E-state index in [4.69, 9.17) is 4.74 Å². The van der Waals surface area contributed by atoms with E-state index in [0.29, 0.717) is 0 Å². The summed E-state index contributed by atoms with van der Waals surface area (Å²) in [6.07, 6.45) is 4.78. The van der Waals surface area contributed by atoms with Crippen molar-refractivity contribution in [1.29, 1.82) is 0 Å². The Kier molecular flexibility index (Phi) is 8.55. The number of anilines is 2. The van der Waals surface area contributed by atoms with Gasteiger partial charge in [0.25, 0.3) is 0 Å². The maximum absolute atomic E-state index is 10.7. The van der Waals surface area contributed by atoms with E-state index in [1.165, 1.54) is 11.1 Å². The van der Waals surface area contributed by atoms with Gasteiger partial charge < -0.3 is 15.4 Å². The number of para-hydroxylation sites is 2. The first-order valence-corrected chi connectivity index (χ1v) is 11.4. The van der Waals surface area contributed by atoms with Gasteiger partial charge >= 0.3 is 6.41 Å². The fourth-order valence-corrected chi connectivity index (χ4v) is 3.46. The van der Waals surface area contributed by atoms with E-state index < -0.39 is 0 Å². The van der Waals surface area contributed by atoms with E-state index in [-0.39, 0.29) is 16.9 Å². The second kappa shape index (κ2) is 10.7. The number of hydrogen-bond donors (Lipinski definition) is 2. The molecule has 0 aliphatic carbocycles. The van der Waals surface area contributed by atoms with Crippen LogP contribution in [0.1, 0.15) is 78.9 Å². The average molecular weight is 424 g/mol. The van der Waals surface area contributed by atoms with Crippen molar-refractivity contribution in [2.45, 2.75) is 84.7 Å². The number of carbonyl (C=O) groups excluding carboxylic acids is 1. The zero-order chi connectivity index (χ0) is 23.1. The predicted octanol–water partition coefficient (Wildman–Crippen LogP) is 6.81. The lowest BCUT2D eigenvalue weighted by molar-refractivity contribution is 0.209. The fourth-order valence-electron chi connectivity index (χ4n) is 3.46. The third kappa shape index (κ3) is 6.49. The van der Waals surface area contributed by atoms with Crippen molar-refractivity contribution in [1.82, 2.24) is 0 Å². The minimum atomic E-state index is 0.0447. The number of hydrogen-bond acceptors (Lipinski definition) is 3. The zero-order valence-corrected chi connectivity index (χ0v) is 20.3. The molecule has 0 aliphatic rings. The largest absolute Gasteiger partial charge is 0.490 e. The predicted molar refractivity (Wildman–Crippen MR) is 132 cm³/mol. The van der Waals surface area contributed by atoms with Crippen molar-refractivity contribution < 1.29 is 9.53 Å². The smallest absolute Gasteiger partial charge is 0.314 e. The first kappa shape index (κ1) is 24.8. The van der Waals surface area contributed by atoms with Crippen LogP contribution >= 0.6 is 0 Å². The molecule has 2 N–H and O–H groups in total. The molecule has 0 bridgehead atoms. The van der Waals surface area contributed by atoms with Crippen LogP contribution in [0.4, 0.5) is 11.4 Å². The summed E-state index contributed by atoms with van der Waals surface area (Å²) in [6.45, 7) is 16.5. The third-order valence-electron chi connectivity index (χ3n) is 6.57. The van der Waals surface area contributed by atoms with Gasteiger partial charge in [-0.15, -0.1) is 0 Å². The molecule has 2 aromatic carbocycles. The van der Waals surface area contributed by atoms with Crippen LogP contribution in [-0.4, -0.2) is 19.1 Å². The topological polar surface area (TPSA) is 50.4 Å². The van der Waals surface area contributed by atoms with Gasteiger partial charge in [-0.05, 0) is 54.4 Å². The van der Waals surface area contributed by atoms with E-state index in [1.807, 2.05) is 24.3 Å². The Balaban J connectivity index is 2.11. The van der Waals surface area contributed by atoms with Crippen molar-refractivity contribution in [2.24, 2.45) is 0 Å². The van der Waals surface area contributed by atoms with Gasteiger partial charge in [-0.25, -0.2) is 0 Å². The molecule has 2 rings (SSSR count). The van der Waals surface area contributed by atoms with Crippen LogP contribution in [0.2, 0.25) is 0 Å². The molecule has 0 saturated carbocycles. The Morgan fingerprint density at radius 3 is 2.23 bits per heavy atom. The lowest BCUT2D eigenvalue weighted by Crippen LogP contribution is -2.23. The molecule has 2 aromatic rings. The Labute approximate surface area is 188 Å². The van der Waals surface area contributed by atoms with E-state index in [0.717, 1.165) is 42.9 Å². The van der Waals surface area contributed by atoms with Crippen molar-refractivity contribution in [3.63, 3.8) is 0 Å². The number of rotatable bonds is 12. The molecule has 0 fully saturated rings. The summed E-state index contributed by atoms with van der Waals surface area (Å²) in [6, 6.07) is 14.4. The number of nitrogens with one attached hydrogen (secondary N) is 2. The Bertz CT molecular complexity index is 858. The van der Waals surface area contributed by atoms with Crippen LogP contribution in [-0.2, 0) is 15.6 Å². The molecule has 0 aromatic heterocycles. The maximum atomic E-state index is 10.7. The summed E-state index contributed by atoms with van der Waals surface area (Å²) >= 11 is 0. The Morgan fingerprint density at radius 2 is 1.61 bits per heavy atom. The molecule has 0 heterocycles. The van der Waals surface area contributed by atoms with Gasteiger partial charge in [0.2, 0.25) is 0 Å². The molecule has 4 heteroatoms. The number of ether oxygens (including phenoxy) is 1. The van der Waals surface area contributed by atoms with Crippen LogP contribution in [0.25, 0.3) is 0 Å². The molecule has 1 radical (unpaired) electrons. The van der Waals surface area contributed by atoms with Crippen LogP contribution in [0, 0.1) is 0 Å². The molecular formula is C27H39N2O2. The summed E-state index contributed by atoms with van der Waals surface area (Å²) in [5.74, 6) is 0.979. The molecule has 1 amide bonds. The lowest BCUT2D eigenvalue weighted by atomic mass is 9.76. The highest BCUT2D eigenvalue weighted by molar-refractivity contribution is 5.80. The lowest BCUT2D eigenvalue weighted by Gasteiger charge is -2.31. The van der Waals surface area contributed by atoms with Gasteiger partial charge in [-0.3, -0.25) is 4.79 Å². The minimum absolute atomic E-state index is 0.0447. The van der Waals surface area contributed by atoms with Crippen LogP contribution in [0.15, 0.2) is 42.5 Å². The highest BCUT2D eigenvalue weighted by Crippen LogP contribution is 2.39. The standard InChI is InChI=1S/C27H39N2O2/c1-8-26(4,5)21-14-15-25(22(18-21)27(6,7)9-2)31-20(3)16-17-28-23-12-10-11-13-24(23)29-19-30/h10-15,18,20,28H,8-9,16-17H2,1-7H3,(H,29,30). The van der Waals surface area contributed by atoms with Crippen molar-refractivity contribution in [3.05, 3.63) is 53.6 Å². The van der Waals surface area contributed by atoms with Crippen LogP contribution < -0.4 is 15.4 Å². The van der Waals surface area contributed by atoms with E-state index in [9.17, 15) is 4.79 Å². The summed E-state index contributed by atoms with van der Waals surface area (Å²) in [4.78, 5) is 10.7. The second-order valence-electron chi connectivity index (χ2n) is 9.60. The SMILES string of the molecule is CCC(C)(C)c1ccc(OC(C)CCNc2ccccc2N[C]=O)c(C(C)(C)CC)c1. The summed E-state index contributed by atoms with van der Waals surface area (Å²) < 4.78 is 6.43. The Hall–Kier alpha value is -2.49. The van der Waals surface area contributed by atoms with Gasteiger partial charge in [-0.2, -0.15) is 0 Å². The molecule has 0 aliphatic heterocycles. The zero-order valence-electron chi connectivity index (χ0n) is 20.3. The average Bonchev–Trinajstić information content (AvgIpc) is 2.75. The van der Waals surface area contributed by atoms with Crippen molar-refractivity contribution in [2.75, 3.05) is 17.2 Å². The summed E-state index contributed by atoms with van der Waals surface area (Å²) in [5.41, 5.74) is 4.45. The first-order valence-electron chi connectivity index (χ1n) is 11.4. The van der Waals surface area contributed by atoms with Gasteiger partial charge in [0.1, 0.15) is 5.75 Å². The van der Waals surface area contributed by atoms with Gasteiger partial charge in [0, 0.05) is 18.5 Å². The quantitative estimate of drug-likeness (QED) is 0.369. The van der Waals surface area contributed by atoms with Gasteiger partial charge in [0.05, 0.1) is 17.5 Å². The van der Waals surface area contributed by atoms with Crippen molar-refractivity contribution in [3.8, 4) is 5.75 Å². The summed E-state index contributed by atoms with van der Waals surface area (Å²) in [5, 5.41) is 5.99. The molecule has 169 valence electrons. The summed E-state index contributed by atoms with van der Waals surface area (Å²) in [7, 11) is 0. The molecular weight excluding hydrogens is 384 g/mol. The molecule has 0 spiro atoms. The van der Waals surface area contributed by atoms with E-state index >= 15 is 0 Å². The highest BCUT2D eigenvalue weighted by Gasteiger charge is 2.27. The molecule has 4 nitrogen and oxygen atoms in total. The van der Waals surface area contributed by atoms with Crippen LogP contribution in [0.5, 0.6) is 5.75 Å². The molecule has 1 atom stereocenters. The molecule has 0 saturated heterocycles. The molecule has 31 heavy (non-hydrogen) atoms. The van der Waals surface area contributed by atoms with E-state index in [2.05, 4.69) is 77.3 Å². The third-order valence-corrected chi connectivity index (χ3v) is 6.57.